The minimum atomic E-state index is -3.88. The van der Waals surface area contributed by atoms with E-state index in [0.29, 0.717) is 56.5 Å². The molecule has 1 aromatic heterocycles. The van der Waals surface area contributed by atoms with Crippen molar-refractivity contribution < 1.29 is 45.7 Å². The molecular formula is C39H41Cl2F2N3O8S. The average Bonchev–Trinajstić information content (AvgIpc) is 4.00. The molecule has 0 bridgehead atoms. The Morgan fingerprint density at radius 2 is 1.67 bits per heavy atom. The van der Waals surface area contributed by atoms with Crippen molar-refractivity contribution in [1.29, 1.82) is 0 Å². The number of carbonyl (C=O) groups is 1. The van der Waals surface area contributed by atoms with Crippen molar-refractivity contribution in [2.45, 2.75) is 38.6 Å². The van der Waals surface area contributed by atoms with Crippen LogP contribution in [0.2, 0.25) is 10.0 Å². The summed E-state index contributed by atoms with van der Waals surface area (Å²) < 4.78 is 83.1. The van der Waals surface area contributed by atoms with Crippen molar-refractivity contribution in [2.24, 2.45) is 5.92 Å². The topological polar surface area (TPSA) is 117 Å². The summed E-state index contributed by atoms with van der Waals surface area (Å²) in [5, 5.41) is 0.449. The third-order valence-electron chi connectivity index (χ3n) is 9.14. The monoisotopic (exact) mass is 819 g/mol. The number of morpholine rings is 1. The molecule has 4 aromatic rings. The van der Waals surface area contributed by atoms with E-state index >= 15 is 0 Å². The van der Waals surface area contributed by atoms with E-state index < -0.39 is 28.7 Å². The summed E-state index contributed by atoms with van der Waals surface area (Å²) in [6.07, 6.45) is 4.74. The summed E-state index contributed by atoms with van der Waals surface area (Å²) in [5.74, 6) is -0.369. The number of hydrogen-bond acceptors (Lipinski definition) is 10. The van der Waals surface area contributed by atoms with Crippen LogP contribution in [0.5, 0.6) is 17.2 Å². The van der Waals surface area contributed by atoms with Gasteiger partial charge in [0.2, 0.25) is 10.0 Å². The zero-order valence-corrected chi connectivity index (χ0v) is 32.4. The lowest BCUT2D eigenvalue weighted by atomic mass is 10.0. The largest absolute Gasteiger partial charge is 0.489 e. The third kappa shape index (κ3) is 11.4. The molecular weight excluding hydrogens is 779 g/mol. The first-order valence-corrected chi connectivity index (χ1v) is 20.3. The zero-order valence-electron chi connectivity index (χ0n) is 30.0. The molecule has 0 N–H and O–H groups in total. The number of esters is 1. The Morgan fingerprint density at radius 1 is 0.964 bits per heavy atom. The van der Waals surface area contributed by atoms with Gasteiger partial charge < -0.3 is 23.7 Å². The summed E-state index contributed by atoms with van der Waals surface area (Å²) in [6, 6.07) is 18.1. The van der Waals surface area contributed by atoms with Crippen LogP contribution in [0, 0.1) is 5.92 Å². The fourth-order valence-electron chi connectivity index (χ4n) is 5.99. The van der Waals surface area contributed by atoms with Crippen molar-refractivity contribution in [3.63, 3.8) is 0 Å². The maximum absolute atomic E-state index is 14.1. The first-order chi connectivity index (χ1) is 26.4. The van der Waals surface area contributed by atoms with E-state index in [0.717, 1.165) is 24.7 Å². The molecule has 0 spiro atoms. The van der Waals surface area contributed by atoms with E-state index in [1.165, 1.54) is 53.1 Å². The van der Waals surface area contributed by atoms with Crippen LogP contribution < -0.4 is 18.5 Å². The van der Waals surface area contributed by atoms with Crippen LogP contribution in [-0.4, -0.2) is 83.1 Å². The molecule has 294 valence electrons. The second-order valence-corrected chi connectivity index (χ2v) is 16.0. The summed E-state index contributed by atoms with van der Waals surface area (Å²) >= 11 is 13.0. The smallest absolute Gasteiger partial charge is 0.387 e. The van der Waals surface area contributed by atoms with Crippen LogP contribution in [0.1, 0.15) is 46.0 Å². The summed E-state index contributed by atoms with van der Waals surface area (Å²) in [4.78, 5) is 20.3. The molecule has 2 aliphatic rings. The number of benzene rings is 3. The zero-order chi connectivity index (χ0) is 39.0. The van der Waals surface area contributed by atoms with Gasteiger partial charge in [0.1, 0.15) is 18.5 Å². The number of hydrogen-bond donors (Lipinski definition) is 0. The molecule has 0 unspecified atom stereocenters. The fourth-order valence-corrected chi connectivity index (χ4v) is 7.42. The highest BCUT2D eigenvalue weighted by atomic mass is 35.5. The summed E-state index contributed by atoms with van der Waals surface area (Å²) in [6.45, 7) is 0.230. The molecule has 1 atom stereocenters. The number of aromatic nitrogens is 1. The number of carbonyl (C=O) groups excluding carboxylic acids is 1. The number of pyridine rings is 1. The molecule has 1 aliphatic heterocycles. The number of sulfonamides is 1. The Morgan fingerprint density at radius 3 is 2.35 bits per heavy atom. The van der Waals surface area contributed by atoms with Crippen LogP contribution in [0.3, 0.4) is 0 Å². The summed E-state index contributed by atoms with van der Waals surface area (Å²) in [5.41, 5.74) is 1.86. The molecule has 1 aliphatic carbocycles. The minimum absolute atomic E-state index is 0.0246. The van der Waals surface area contributed by atoms with Gasteiger partial charge in [-0.1, -0.05) is 59.6 Å². The molecule has 16 heteroatoms. The Hall–Kier alpha value is -4.21. The van der Waals surface area contributed by atoms with E-state index in [2.05, 4.69) is 9.88 Å². The predicted octanol–water partition coefficient (Wildman–Crippen LogP) is 7.60. The Balaban J connectivity index is 1.34. The Bertz CT molecular complexity index is 2020. The highest BCUT2D eigenvalue weighted by Gasteiger charge is 2.28. The number of rotatable bonds is 18. The predicted molar refractivity (Wildman–Crippen MR) is 204 cm³/mol. The van der Waals surface area contributed by atoms with Crippen LogP contribution >= 0.6 is 23.2 Å². The van der Waals surface area contributed by atoms with Crippen LogP contribution in [0.15, 0.2) is 79.1 Å². The lowest BCUT2D eigenvalue weighted by molar-refractivity contribution is -0.0515. The van der Waals surface area contributed by atoms with E-state index in [4.69, 9.17) is 46.9 Å². The minimum Gasteiger partial charge on any atom is -0.489 e. The molecule has 0 radical (unpaired) electrons. The SMILES string of the molecule is CS(=O)(=O)N(CCN1CCOCC1)c1cc(C(=O)O[C@@H](Cc2c(Cl)cncc2Cl)c2ccc(OC(F)F)c(OCC3CC3)c2)ccc1OCc1ccccc1. The molecule has 1 saturated carbocycles. The van der Waals surface area contributed by atoms with Crippen LogP contribution in [-0.2, 0) is 32.5 Å². The Kier molecular flexibility index (Phi) is 13.7. The molecule has 2 heterocycles. The highest BCUT2D eigenvalue weighted by molar-refractivity contribution is 7.92. The van der Waals surface area contributed by atoms with Gasteiger partial charge in [0.25, 0.3) is 0 Å². The van der Waals surface area contributed by atoms with Gasteiger partial charge in [-0.25, -0.2) is 13.2 Å². The maximum Gasteiger partial charge on any atom is 0.387 e. The van der Waals surface area contributed by atoms with Crippen molar-refractivity contribution in [3.8, 4) is 17.2 Å². The van der Waals surface area contributed by atoms with E-state index in [9.17, 15) is 22.0 Å². The van der Waals surface area contributed by atoms with E-state index in [1.54, 1.807) is 0 Å². The number of halogens is 4. The van der Waals surface area contributed by atoms with Gasteiger partial charge in [0, 0.05) is 45.0 Å². The van der Waals surface area contributed by atoms with Gasteiger partial charge >= 0.3 is 12.6 Å². The molecule has 0 amide bonds. The lowest BCUT2D eigenvalue weighted by Gasteiger charge is -2.31. The average molecular weight is 821 g/mol. The number of nitrogens with zero attached hydrogens (tertiary/aromatic N) is 3. The Labute approximate surface area is 329 Å². The van der Waals surface area contributed by atoms with E-state index in [1.807, 2.05) is 30.3 Å². The van der Waals surface area contributed by atoms with Crippen molar-refractivity contribution in [3.05, 3.63) is 111 Å². The quantitative estimate of drug-likeness (QED) is 0.0930. The number of ether oxygens (including phenoxy) is 5. The second kappa shape index (κ2) is 18.6. The van der Waals surface area contributed by atoms with Gasteiger partial charge in [0.15, 0.2) is 11.5 Å². The molecule has 2 fully saturated rings. The van der Waals surface area contributed by atoms with E-state index in [-0.39, 0.29) is 58.1 Å². The van der Waals surface area contributed by atoms with Crippen molar-refractivity contribution >= 4 is 44.9 Å². The number of alkyl halides is 2. The van der Waals surface area contributed by atoms with Crippen LogP contribution in [0.4, 0.5) is 14.5 Å². The number of anilines is 1. The first kappa shape index (κ1) is 40.5. The second-order valence-electron chi connectivity index (χ2n) is 13.3. The van der Waals surface area contributed by atoms with Gasteiger partial charge in [0.05, 0.1) is 47.4 Å². The van der Waals surface area contributed by atoms with Crippen molar-refractivity contribution in [1.82, 2.24) is 9.88 Å². The van der Waals surface area contributed by atoms with Crippen molar-refractivity contribution in [2.75, 3.05) is 56.6 Å². The lowest BCUT2D eigenvalue weighted by Crippen LogP contribution is -2.43. The summed E-state index contributed by atoms with van der Waals surface area (Å²) in [7, 11) is -3.88. The highest BCUT2D eigenvalue weighted by Crippen LogP contribution is 2.39. The van der Waals surface area contributed by atoms with Gasteiger partial charge in [-0.3, -0.25) is 14.2 Å². The standard InChI is InChI=1S/C39H41Cl2F2N3O8S/c1-55(48,49)46(14-13-45-15-17-50-18-16-45)33-19-29(10-11-34(33)51-24-26-5-3-2-4-6-26)38(47)53-36(21-30-31(40)22-44-23-32(30)41)28-9-12-35(54-39(42)43)37(20-28)52-25-27-7-8-27/h2-6,9-12,19-20,22-23,27,36,39H,7-8,13-18,21,24-25H2,1H3/t36-/m0/s1. The molecule has 11 nitrogen and oxygen atoms in total. The first-order valence-electron chi connectivity index (χ1n) is 17.7. The molecule has 1 saturated heterocycles. The molecule has 55 heavy (non-hydrogen) atoms. The normalized spacial score (nSPS) is 15.4. The molecule has 3 aromatic carbocycles. The van der Waals surface area contributed by atoms with Gasteiger partial charge in [-0.15, -0.1) is 0 Å². The molecule has 6 rings (SSSR count). The third-order valence-corrected chi connectivity index (χ3v) is 11.0. The van der Waals surface area contributed by atoms with Gasteiger partial charge in [-0.05, 0) is 65.8 Å². The maximum atomic E-state index is 14.1. The van der Waals surface area contributed by atoms with Crippen LogP contribution in [0.25, 0.3) is 0 Å². The van der Waals surface area contributed by atoms with Gasteiger partial charge in [-0.2, -0.15) is 8.78 Å². The fraction of sp³-hybridized carbons (Fsp3) is 0.385.